The fourth-order valence-corrected chi connectivity index (χ4v) is 3.88. The first-order valence-corrected chi connectivity index (χ1v) is 9.04. The van der Waals surface area contributed by atoms with E-state index in [9.17, 15) is 9.59 Å². The maximum atomic E-state index is 12.9. The average molecular weight is 371 g/mol. The highest BCUT2D eigenvalue weighted by Crippen LogP contribution is 2.44. The smallest absolute Gasteiger partial charge is 0.334 e. The number of ether oxygens (including phenoxy) is 3. The van der Waals surface area contributed by atoms with Crippen LogP contribution in [0.25, 0.3) is 0 Å². The zero-order valence-electron chi connectivity index (χ0n) is 15.9. The van der Waals surface area contributed by atoms with Gasteiger partial charge >= 0.3 is 11.9 Å². The number of esters is 2. The average Bonchev–Trinajstić information content (AvgIpc) is 2.73. The van der Waals surface area contributed by atoms with E-state index in [-0.39, 0.29) is 5.97 Å². The Kier molecular flexibility index (Phi) is 5.96. The highest BCUT2D eigenvalue weighted by Gasteiger charge is 2.43. The number of rotatable bonds is 4. The first-order chi connectivity index (χ1) is 13.1. The van der Waals surface area contributed by atoms with Gasteiger partial charge in [-0.1, -0.05) is 30.3 Å². The van der Waals surface area contributed by atoms with E-state index in [1.807, 2.05) is 43.3 Å². The van der Waals surface area contributed by atoms with Gasteiger partial charge in [0.1, 0.15) is 5.92 Å². The molecule has 1 saturated heterocycles. The number of carbonyl (C=O) groups is 2. The molecule has 1 fully saturated rings. The molecule has 1 heterocycles. The van der Waals surface area contributed by atoms with Crippen molar-refractivity contribution in [3.63, 3.8) is 0 Å². The van der Waals surface area contributed by atoms with E-state index in [1.165, 1.54) is 14.2 Å². The van der Waals surface area contributed by atoms with Gasteiger partial charge in [0, 0.05) is 30.3 Å². The largest absolute Gasteiger partial charge is 0.468 e. The molecule has 27 heavy (non-hydrogen) atoms. The van der Waals surface area contributed by atoms with Gasteiger partial charge in [0.2, 0.25) is 0 Å². The molecule has 6 heteroatoms. The second kappa shape index (κ2) is 8.39. The summed E-state index contributed by atoms with van der Waals surface area (Å²) in [6.07, 6.45) is 1.92. The number of methoxy groups -OCH3 is 2. The van der Waals surface area contributed by atoms with Crippen molar-refractivity contribution < 1.29 is 23.8 Å². The molecule has 144 valence electrons. The molecule has 1 aromatic carbocycles. The van der Waals surface area contributed by atoms with Gasteiger partial charge in [-0.2, -0.15) is 0 Å². The van der Waals surface area contributed by atoms with Gasteiger partial charge in [0.05, 0.1) is 27.4 Å². The van der Waals surface area contributed by atoms with E-state index >= 15 is 0 Å². The van der Waals surface area contributed by atoms with Crippen molar-refractivity contribution in [1.29, 1.82) is 0 Å². The first kappa shape index (κ1) is 19.2. The molecule has 2 aliphatic rings. The monoisotopic (exact) mass is 371 g/mol. The van der Waals surface area contributed by atoms with Crippen LogP contribution in [-0.4, -0.2) is 57.4 Å². The van der Waals surface area contributed by atoms with Crippen LogP contribution in [0.4, 0.5) is 0 Å². The van der Waals surface area contributed by atoms with Crippen LogP contribution in [0.5, 0.6) is 0 Å². The summed E-state index contributed by atoms with van der Waals surface area (Å²) in [5.41, 5.74) is 3.05. The van der Waals surface area contributed by atoms with Crippen LogP contribution < -0.4 is 0 Å². The molecule has 0 radical (unpaired) electrons. The SMILES string of the molecule is COC(=O)C1=C(C)C=C(N2CCOCC2)[C@@H](C(=O)OC)[C@@H]1c1ccccc1. The maximum Gasteiger partial charge on any atom is 0.334 e. The van der Waals surface area contributed by atoms with Gasteiger partial charge < -0.3 is 19.1 Å². The number of hydrogen-bond donors (Lipinski definition) is 0. The normalized spacial score (nSPS) is 22.9. The molecule has 2 atom stereocenters. The maximum absolute atomic E-state index is 12.9. The molecule has 6 nitrogen and oxygen atoms in total. The lowest BCUT2D eigenvalue weighted by Crippen LogP contribution is -2.43. The molecule has 0 amide bonds. The van der Waals surface area contributed by atoms with Crippen molar-refractivity contribution in [2.24, 2.45) is 5.92 Å². The Labute approximate surface area is 159 Å². The van der Waals surface area contributed by atoms with Crippen LogP contribution in [0.1, 0.15) is 18.4 Å². The van der Waals surface area contributed by atoms with Crippen LogP contribution in [-0.2, 0) is 23.8 Å². The summed E-state index contributed by atoms with van der Waals surface area (Å²) in [7, 11) is 2.74. The van der Waals surface area contributed by atoms with Gasteiger partial charge in [-0.15, -0.1) is 0 Å². The Morgan fingerprint density at radius 3 is 2.33 bits per heavy atom. The van der Waals surface area contributed by atoms with Gasteiger partial charge in [-0.05, 0) is 24.1 Å². The molecule has 0 spiro atoms. The van der Waals surface area contributed by atoms with Gasteiger partial charge in [-0.3, -0.25) is 4.79 Å². The quantitative estimate of drug-likeness (QED) is 0.757. The van der Waals surface area contributed by atoms with E-state index in [4.69, 9.17) is 14.2 Å². The minimum Gasteiger partial charge on any atom is -0.468 e. The molecule has 0 saturated carbocycles. The molecule has 0 N–H and O–H groups in total. The third-order valence-electron chi connectivity index (χ3n) is 5.15. The van der Waals surface area contributed by atoms with Crippen LogP contribution in [0.3, 0.4) is 0 Å². The fraction of sp³-hybridized carbons (Fsp3) is 0.429. The van der Waals surface area contributed by atoms with Crippen molar-refractivity contribution >= 4 is 11.9 Å². The first-order valence-electron chi connectivity index (χ1n) is 9.04. The summed E-state index contributed by atoms with van der Waals surface area (Å²) in [4.78, 5) is 27.6. The standard InChI is InChI=1S/C21H25NO5/c1-14-13-16(22-9-11-27-12-10-22)19(21(24)26-3)18(17(14)20(23)25-2)15-7-5-4-6-8-15/h4-8,13,18-19H,9-12H2,1-3H3/t18-,19-/m1/s1. The van der Waals surface area contributed by atoms with Crippen molar-refractivity contribution in [3.8, 4) is 0 Å². The Bertz CT molecular complexity index is 762. The van der Waals surface area contributed by atoms with Crippen LogP contribution in [0.2, 0.25) is 0 Å². The van der Waals surface area contributed by atoms with E-state index in [1.54, 1.807) is 0 Å². The highest BCUT2D eigenvalue weighted by molar-refractivity contribution is 5.94. The Morgan fingerprint density at radius 2 is 1.74 bits per heavy atom. The molecule has 0 aromatic heterocycles. The summed E-state index contributed by atoms with van der Waals surface area (Å²) >= 11 is 0. The lowest BCUT2D eigenvalue weighted by molar-refractivity contribution is -0.145. The number of benzene rings is 1. The fourth-order valence-electron chi connectivity index (χ4n) is 3.88. The zero-order valence-corrected chi connectivity index (χ0v) is 15.9. The van der Waals surface area contributed by atoms with Gasteiger partial charge in [0.25, 0.3) is 0 Å². The number of allylic oxidation sites excluding steroid dienone is 2. The van der Waals surface area contributed by atoms with E-state index in [2.05, 4.69) is 4.90 Å². The predicted molar refractivity (Wildman–Crippen MR) is 99.9 cm³/mol. The number of morpholine rings is 1. The highest BCUT2D eigenvalue weighted by atomic mass is 16.5. The van der Waals surface area contributed by atoms with Crippen LogP contribution >= 0.6 is 0 Å². The van der Waals surface area contributed by atoms with E-state index < -0.39 is 17.8 Å². The number of nitrogens with zero attached hydrogens (tertiary/aromatic N) is 1. The van der Waals surface area contributed by atoms with Crippen molar-refractivity contribution in [3.05, 3.63) is 58.8 Å². The van der Waals surface area contributed by atoms with Gasteiger partial charge in [0.15, 0.2) is 0 Å². The number of hydrogen-bond acceptors (Lipinski definition) is 6. The zero-order chi connectivity index (χ0) is 19.4. The summed E-state index contributed by atoms with van der Waals surface area (Å²) in [5, 5.41) is 0. The molecule has 0 unspecified atom stereocenters. The molecule has 1 aliphatic carbocycles. The van der Waals surface area contributed by atoms with Crippen molar-refractivity contribution in [2.75, 3.05) is 40.5 Å². The second-order valence-electron chi connectivity index (χ2n) is 6.65. The Balaban J connectivity index is 2.17. The molecule has 3 rings (SSSR count). The summed E-state index contributed by atoms with van der Waals surface area (Å²) in [5.74, 6) is -1.87. The van der Waals surface area contributed by atoms with Crippen LogP contribution in [0, 0.1) is 5.92 Å². The molecular weight excluding hydrogens is 346 g/mol. The lowest BCUT2D eigenvalue weighted by Gasteiger charge is -2.40. The Hall–Kier alpha value is -2.60. The minimum absolute atomic E-state index is 0.365. The van der Waals surface area contributed by atoms with E-state index in [0.29, 0.717) is 31.9 Å². The molecule has 0 bridgehead atoms. The molecule has 1 aromatic rings. The Morgan fingerprint density at radius 1 is 1.07 bits per heavy atom. The second-order valence-corrected chi connectivity index (χ2v) is 6.65. The van der Waals surface area contributed by atoms with Crippen molar-refractivity contribution in [1.82, 2.24) is 4.90 Å². The third kappa shape index (κ3) is 3.76. The minimum atomic E-state index is -0.617. The summed E-state index contributed by atoms with van der Waals surface area (Å²) in [6, 6.07) is 9.58. The topological polar surface area (TPSA) is 65.1 Å². The lowest BCUT2D eigenvalue weighted by atomic mass is 9.73. The van der Waals surface area contributed by atoms with Crippen LogP contribution in [0.15, 0.2) is 53.3 Å². The van der Waals surface area contributed by atoms with E-state index in [0.717, 1.165) is 16.8 Å². The number of carbonyl (C=O) groups excluding carboxylic acids is 2. The third-order valence-corrected chi connectivity index (χ3v) is 5.15. The molecular formula is C21H25NO5. The van der Waals surface area contributed by atoms with Crippen molar-refractivity contribution in [2.45, 2.75) is 12.8 Å². The van der Waals surface area contributed by atoms with Gasteiger partial charge in [-0.25, -0.2) is 4.79 Å². The molecule has 1 aliphatic heterocycles. The summed E-state index contributed by atoms with van der Waals surface area (Å²) < 4.78 is 15.6. The predicted octanol–water partition coefficient (Wildman–Crippen LogP) is 2.28. The summed E-state index contributed by atoms with van der Waals surface area (Å²) in [6.45, 7) is 4.49.